The standard InChI is InChI=1S/C17H22ClN3/c1-3-4-17-13(10-19-14-6-7-14)11-20-21(17)15-8-5-12(2)16(18)9-15/h5,8-9,11,14,19H,3-4,6-7,10H2,1-2H3. The van der Waals surface area contributed by atoms with Crippen LogP contribution >= 0.6 is 11.6 Å². The summed E-state index contributed by atoms with van der Waals surface area (Å²) in [4.78, 5) is 0. The molecule has 3 nitrogen and oxygen atoms in total. The molecule has 0 saturated heterocycles. The Morgan fingerprint density at radius 1 is 1.38 bits per heavy atom. The van der Waals surface area contributed by atoms with Gasteiger partial charge in [0.05, 0.1) is 11.9 Å². The Morgan fingerprint density at radius 2 is 2.19 bits per heavy atom. The van der Waals surface area contributed by atoms with Crippen LogP contribution in [0.3, 0.4) is 0 Å². The van der Waals surface area contributed by atoms with Gasteiger partial charge in [-0.2, -0.15) is 5.10 Å². The van der Waals surface area contributed by atoms with Gasteiger partial charge in [0, 0.05) is 28.9 Å². The molecule has 0 aliphatic heterocycles. The number of aryl methyl sites for hydroxylation is 1. The van der Waals surface area contributed by atoms with E-state index in [9.17, 15) is 0 Å². The highest BCUT2D eigenvalue weighted by Crippen LogP contribution is 2.24. The molecule has 1 saturated carbocycles. The van der Waals surface area contributed by atoms with Crippen LogP contribution in [0.2, 0.25) is 5.02 Å². The zero-order valence-corrected chi connectivity index (χ0v) is 13.5. The van der Waals surface area contributed by atoms with Crippen LogP contribution in [0.4, 0.5) is 0 Å². The molecular weight excluding hydrogens is 282 g/mol. The van der Waals surface area contributed by atoms with Crippen LogP contribution in [-0.4, -0.2) is 15.8 Å². The molecule has 1 N–H and O–H groups in total. The van der Waals surface area contributed by atoms with Crippen LogP contribution in [0.1, 0.15) is 43.0 Å². The van der Waals surface area contributed by atoms with Gasteiger partial charge in [-0.25, -0.2) is 4.68 Å². The molecule has 1 aromatic carbocycles. The normalized spacial score (nSPS) is 14.6. The molecule has 1 aliphatic carbocycles. The first-order chi connectivity index (χ1) is 10.2. The van der Waals surface area contributed by atoms with Crippen molar-refractivity contribution in [1.82, 2.24) is 15.1 Å². The summed E-state index contributed by atoms with van der Waals surface area (Å²) in [6.07, 6.45) is 6.76. The summed E-state index contributed by atoms with van der Waals surface area (Å²) in [6.45, 7) is 5.14. The van der Waals surface area contributed by atoms with Crippen LogP contribution in [0.5, 0.6) is 0 Å². The topological polar surface area (TPSA) is 29.9 Å². The van der Waals surface area contributed by atoms with E-state index in [1.54, 1.807) is 0 Å². The first-order valence-corrected chi connectivity index (χ1v) is 8.12. The van der Waals surface area contributed by atoms with E-state index in [1.165, 1.54) is 24.1 Å². The summed E-state index contributed by atoms with van der Waals surface area (Å²) in [5, 5.41) is 8.96. The third-order valence-electron chi connectivity index (χ3n) is 4.00. The number of nitrogens with zero attached hydrogens (tertiary/aromatic N) is 2. The van der Waals surface area contributed by atoms with Crippen LogP contribution in [0, 0.1) is 6.92 Å². The van der Waals surface area contributed by atoms with Gasteiger partial charge in [-0.1, -0.05) is 31.0 Å². The van der Waals surface area contributed by atoms with Crippen molar-refractivity contribution in [2.45, 2.75) is 52.1 Å². The highest BCUT2D eigenvalue weighted by Gasteiger charge is 2.21. The van der Waals surface area contributed by atoms with Crippen molar-refractivity contribution < 1.29 is 0 Å². The molecule has 1 fully saturated rings. The van der Waals surface area contributed by atoms with Gasteiger partial charge < -0.3 is 5.32 Å². The van der Waals surface area contributed by atoms with E-state index in [-0.39, 0.29) is 0 Å². The van der Waals surface area contributed by atoms with E-state index in [1.807, 2.05) is 23.9 Å². The fourth-order valence-electron chi connectivity index (χ4n) is 2.54. The summed E-state index contributed by atoms with van der Waals surface area (Å²) in [5.74, 6) is 0. The van der Waals surface area contributed by atoms with Gasteiger partial charge in [-0.3, -0.25) is 0 Å². The number of hydrogen-bond acceptors (Lipinski definition) is 2. The molecule has 0 atom stereocenters. The van der Waals surface area contributed by atoms with Gasteiger partial charge in [0.25, 0.3) is 0 Å². The van der Waals surface area contributed by atoms with Crippen LogP contribution in [0.15, 0.2) is 24.4 Å². The second kappa shape index (κ2) is 6.20. The van der Waals surface area contributed by atoms with Crippen LogP contribution in [-0.2, 0) is 13.0 Å². The number of aromatic nitrogens is 2. The molecule has 0 radical (unpaired) electrons. The van der Waals surface area contributed by atoms with Gasteiger partial charge in [-0.05, 0) is 43.9 Å². The Labute approximate surface area is 131 Å². The predicted octanol–water partition coefficient (Wildman–Crippen LogP) is 4.04. The summed E-state index contributed by atoms with van der Waals surface area (Å²) >= 11 is 6.26. The fraction of sp³-hybridized carbons (Fsp3) is 0.471. The first kappa shape index (κ1) is 14.6. The lowest BCUT2D eigenvalue weighted by atomic mass is 10.1. The number of hydrogen-bond donors (Lipinski definition) is 1. The Bertz CT molecular complexity index is 629. The summed E-state index contributed by atoms with van der Waals surface area (Å²) in [5.41, 5.74) is 4.75. The number of benzene rings is 1. The second-order valence-electron chi connectivity index (χ2n) is 5.87. The van der Waals surface area contributed by atoms with Gasteiger partial charge in [0.1, 0.15) is 0 Å². The second-order valence-corrected chi connectivity index (χ2v) is 6.27. The van der Waals surface area contributed by atoms with E-state index in [2.05, 4.69) is 29.5 Å². The zero-order chi connectivity index (χ0) is 14.8. The van der Waals surface area contributed by atoms with Crippen molar-refractivity contribution in [2.75, 3.05) is 0 Å². The summed E-state index contributed by atoms with van der Waals surface area (Å²) in [7, 11) is 0. The van der Waals surface area contributed by atoms with Gasteiger partial charge in [0.15, 0.2) is 0 Å². The summed E-state index contributed by atoms with van der Waals surface area (Å²) < 4.78 is 2.04. The van der Waals surface area contributed by atoms with Crippen LogP contribution in [0.25, 0.3) is 5.69 Å². The smallest absolute Gasteiger partial charge is 0.0663 e. The number of nitrogens with one attached hydrogen (secondary N) is 1. The maximum atomic E-state index is 6.26. The quantitative estimate of drug-likeness (QED) is 0.873. The zero-order valence-electron chi connectivity index (χ0n) is 12.7. The monoisotopic (exact) mass is 303 g/mol. The molecule has 2 aromatic rings. The lowest BCUT2D eigenvalue weighted by molar-refractivity contribution is 0.676. The van der Waals surface area contributed by atoms with E-state index in [0.29, 0.717) is 0 Å². The van der Waals surface area contributed by atoms with Crippen molar-refractivity contribution in [1.29, 1.82) is 0 Å². The lowest BCUT2D eigenvalue weighted by Crippen LogP contribution is -2.16. The molecule has 0 bridgehead atoms. The molecule has 0 amide bonds. The van der Waals surface area contributed by atoms with Gasteiger partial charge in [0.2, 0.25) is 0 Å². The molecular formula is C17H22ClN3. The van der Waals surface area contributed by atoms with Crippen molar-refractivity contribution in [3.63, 3.8) is 0 Å². The molecule has 0 unspecified atom stereocenters. The van der Waals surface area contributed by atoms with Crippen molar-refractivity contribution in [3.05, 3.63) is 46.2 Å². The minimum Gasteiger partial charge on any atom is -0.310 e. The van der Waals surface area contributed by atoms with Crippen molar-refractivity contribution in [2.24, 2.45) is 0 Å². The molecule has 1 aromatic heterocycles. The van der Waals surface area contributed by atoms with Crippen molar-refractivity contribution in [3.8, 4) is 5.69 Å². The maximum absolute atomic E-state index is 6.26. The molecule has 1 aliphatic rings. The van der Waals surface area contributed by atoms with Gasteiger partial charge in [-0.15, -0.1) is 0 Å². The Hall–Kier alpha value is -1.32. The predicted molar refractivity (Wildman–Crippen MR) is 87.2 cm³/mol. The average molecular weight is 304 g/mol. The van der Waals surface area contributed by atoms with E-state index in [0.717, 1.165) is 41.7 Å². The Balaban J connectivity index is 1.90. The van der Waals surface area contributed by atoms with E-state index >= 15 is 0 Å². The lowest BCUT2D eigenvalue weighted by Gasteiger charge is -2.10. The van der Waals surface area contributed by atoms with Crippen molar-refractivity contribution >= 4 is 11.6 Å². The molecule has 0 spiro atoms. The maximum Gasteiger partial charge on any atom is 0.0663 e. The largest absolute Gasteiger partial charge is 0.310 e. The molecule has 4 heteroatoms. The molecule has 112 valence electrons. The highest BCUT2D eigenvalue weighted by atomic mass is 35.5. The SMILES string of the molecule is CCCc1c(CNC2CC2)cnn1-c1ccc(C)c(Cl)c1. The molecule has 1 heterocycles. The third-order valence-corrected chi connectivity index (χ3v) is 4.41. The van der Waals surface area contributed by atoms with Crippen LogP contribution < -0.4 is 5.32 Å². The highest BCUT2D eigenvalue weighted by molar-refractivity contribution is 6.31. The van der Waals surface area contributed by atoms with E-state index in [4.69, 9.17) is 11.6 Å². The van der Waals surface area contributed by atoms with E-state index < -0.39 is 0 Å². The number of rotatable bonds is 6. The summed E-state index contributed by atoms with van der Waals surface area (Å²) in [6, 6.07) is 6.86. The molecule has 3 rings (SSSR count). The minimum absolute atomic E-state index is 0.719. The average Bonchev–Trinajstić information content (AvgIpc) is 3.22. The minimum atomic E-state index is 0.719. The third kappa shape index (κ3) is 3.30. The Morgan fingerprint density at radius 3 is 2.86 bits per heavy atom. The Kier molecular flexibility index (Phi) is 4.32. The molecule has 21 heavy (non-hydrogen) atoms. The number of halogens is 1. The fourth-order valence-corrected chi connectivity index (χ4v) is 2.71. The van der Waals surface area contributed by atoms with Gasteiger partial charge >= 0.3 is 0 Å². The first-order valence-electron chi connectivity index (χ1n) is 7.74.